The molecule has 0 amide bonds. The molecule has 0 aliphatic rings. The summed E-state index contributed by atoms with van der Waals surface area (Å²) in [6.07, 6.45) is 5.54. The summed E-state index contributed by atoms with van der Waals surface area (Å²) in [6, 6.07) is 0. The molecule has 38 valence electrons. The summed E-state index contributed by atoms with van der Waals surface area (Å²) in [4.78, 5) is 0. The molecule has 0 aliphatic heterocycles. The lowest BCUT2D eigenvalue weighted by atomic mass is 9.52. The first kappa shape index (κ1) is 6.00. The molecular weight excluding hydrogens is 70.1 g/mol. The Labute approximate surface area is 40.6 Å². The third-order valence-electron chi connectivity index (χ3n) is 0.957. The summed E-state index contributed by atoms with van der Waals surface area (Å²) >= 11 is 0. The molecule has 6 heavy (non-hydrogen) atoms. The Morgan fingerprint density at radius 1 is 1.33 bits per heavy atom. The largest absolute Gasteiger partial charge is 0.0654 e. The molecule has 0 heteroatoms. The molecule has 0 nitrogen and oxygen atoms in total. The van der Waals surface area contributed by atoms with Crippen LogP contribution in [-0.4, -0.2) is 0 Å². The van der Waals surface area contributed by atoms with Crippen LogP contribution < -0.4 is 0 Å². The van der Waals surface area contributed by atoms with Gasteiger partial charge in [0.1, 0.15) is 0 Å². The second-order valence-corrected chi connectivity index (χ2v) is 1.71. The first-order chi connectivity index (χ1) is 2.91. The highest BCUT2D eigenvalue weighted by Gasteiger charge is 1.75. The maximum atomic E-state index is 2.23. The average Bonchev–Trinajstić information content (AvgIpc) is 1.61. The monoisotopic (exact) mass is 84.1 g/mol. The maximum Gasteiger partial charge on any atom is -0.0536 e. The van der Waals surface area contributed by atoms with Gasteiger partial charge in [0.25, 0.3) is 0 Å². The Balaban J connectivity index is 2.34. The van der Waals surface area contributed by atoms with Crippen LogP contribution in [-0.2, 0) is 0 Å². The van der Waals surface area contributed by atoms with Crippen molar-refractivity contribution in [2.75, 3.05) is 0 Å². The topological polar surface area (TPSA) is 0 Å². The molecule has 0 radical (unpaired) electrons. The van der Waals surface area contributed by atoms with Gasteiger partial charge in [0.15, 0.2) is 0 Å². The van der Waals surface area contributed by atoms with Crippen LogP contribution in [0.2, 0.25) is 0 Å². The van der Waals surface area contributed by atoms with Crippen LogP contribution in [0.1, 0.15) is 39.5 Å². The molecule has 0 unspecified atom stereocenters. The highest BCUT2D eigenvalue weighted by atomic mass is 13.8. The summed E-state index contributed by atoms with van der Waals surface area (Å²) in [6.45, 7) is 4.46. The molecule has 0 atom stereocenters. The van der Waals surface area contributed by atoms with Gasteiger partial charge in [-0.25, -0.2) is 0 Å². The zero-order chi connectivity index (χ0) is 4.83. The summed E-state index contributed by atoms with van der Waals surface area (Å²) in [7, 11) is 0. The lowest BCUT2D eigenvalue weighted by Crippen LogP contribution is -1.66. The van der Waals surface area contributed by atoms with Crippen LogP contribution >= 0.6 is 0 Å². The van der Waals surface area contributed by atoms with Gasteiger partial charge in [-0.15, -0.1) is 0 Å². The molecule has 0 N–H and O–H groups in total. The van der Waals surface area contributed by atoms with Gasteiger partial charge in [0.05, 0.1) is 0 Å². The minimum absolute atomic E-state index is 1.36. The standard InChI is InChI=1S/C6H14/c1-3-5-6-4-2/h3-6H2,1-2H3/i1-2. The van der Waals surface area contributed by atoms with Crippen molar-refractivity contribution in [2.24, 2.45) is 0 Å². The van der Waals surface area contributed by atoms with E-state index in [0.717, 1.165) is 0 Å². The third-order valence-corrected chi connectivity index (χ3v) is 0.957. The number of hydrogen-bond acceptors (Lipinski definition) is 0. The number of rotatable bonds is 3. The van der Waals surface area contributed by atoms with Crippen LogP contribution in [0.25, 0.3) is 0 Å². The molecule has 0 saturated carbocycles. The Morgan fingerprint density at radius 3 is 2.17 bits per heavy atom. The summed E-state index contributed by atoms with van der Waals surface area (Å²) in [5.74, 6) is 0. The maximum absolute atomic E-state index is 2.23. The first-order valence-corrected chi connectivity index (χ1v) is 2.91. The van der Waals surface area contributed by atoms with E-state index < -0.39 is 0 Å². The Kier molecular flexibility index (Phi) is 5.00. The minimum Gasteiger partial charge on any atom is -0.0654 e. The highest BCUT2D eigenvalue weighted by molar-refractivity contribution is 4.31. The zero-order valence-electron chi connectivity index (χ0n) is 4.83. The fourth-order valence-corrected chi connectivity index (χ4v) is 0.500. The van der Waals surface area contributed by atoms with E-state index in [1.165, 1.54) is 25.7 Å². The normalized spacial score (nSPS) is 9.00. The van der Waals surface area contributed by atoms with Crippen molar-refractivity contribution >= 4 is 0 Å². The van der Waals surface area contributed by atoms with E-state index in [2.05, 4.69) is 13.8 Å². The fourth-order valence-electron chi connectivity index (χ4n) is 0.500. The van der Waals surface area contributed by atoms with E-state index in [1.807, 2.05) is 0 Å². The molecule has 0 aliphatic carbocycles. The predicted molar refractivity (Wildman–Crippen MR) is 29.8 cm³/mol. The van der Waals surface area contributed by atoms with Gasteiger partial charge in [0, 0.05) is 0 Å². The van der Waals surface area contributed by atoms with Gasteiger partial charge < -0.3 is 0 Å². The van der Waals surface area contributed by atoms with Crippen LogP contribution in [0.15, 0.2) is 0 Å². The highest BCUT2D eigenvalue weighted by Crippen LogP contribution is 1.95. The quantitative estimate of drug-likeness (QED) is 0.461. The van der Waals surface area contributed by atoms with Crippen molar-refractivity contribution < 1.29 is 0 Å². The van der Waals surface area contributed by atoms with E-state index in [-0.39, 0.29) is 0 Å². The number of hydrogen-bond donors (Lipinski definition) is 0. The van der Waals surface area contributed by atoms with Crippen LogP contribution in [0, 0.1) is 0 Å². The molecule has 0 fully saturated rings. The van der Waals surface area contributed by atoms with Gasteiger partial charge in [-0.1, -0.05) is 39.5 Å². The molecule has 0 rings (SSSR count). The second-order valence-electron chi connectivity index (χ2n) is 1.71. The fraction of sp³-hybridized carbons (Fsp3) is 1.00. The van der Waals surface area contributed by atoms with E-state index in [1.54, 1.807) is 0 Å². The van der Waals surface area contributed by atoms with Crippen molar-refractivity contribution in [2.45, 2.75) is 39.5 Å². The Bertz CT molecular complexity index is 12.0. The predicted octanol–water partition coefficient (Wildman–Crippen LogP) is 2.59. The first-order valence-electron chi connectivity index (χ1n) is 2.91. The van der Waals surface area contributed by atoms with Crippen LogP contribution in [0.3, 0.4) is 0 Å². The van der Waals surface area contributed by atoms with Crippen molar-refractivity contribution in [3.63, 3.8) is 0 Å². The average molecular weight is 84.2 g/mol. The second kappa shape index (κ2) is 5.00. The number of unbranched alkanes of at least 4 members (excludes halogenated alkanes) is 3. The Hall–Kier alpha value is 0. The van der Waals surface area contributed by atoms with Gasteiger partial charge in [0.2, 0.25) is 0 Å². The Morgan fingerprint density at radius 2 is 2.00 bits per heavy atom. The molecule has 0 aromatic carbocycles. The lowest BCUT2D eigenvalue weighted by molar-refractivity contribution is 0.702. The van der Waals surface area contributed by atoms with E-state index in [9.17, 15) is 0 Å². The van der Waals surface area contributed by atoms with Crippen LogP contribution in [0.5, 0.6) is 0 Å². The lowest BCUT2D eigenvalue weighted by Gasteiger charge is -1.86. The van der Waals surface area contributed by atoms with Crippen molar-refractivity contribution in [1.29, 1.82) is 0 Å². The van der Waals surface area contributed by atoms with E-state index in [0.29, 0.717) is 0 Å². The van der Waals surface area contributed by atoms with Gasteiger partial charge >= 0.3 is 0 Å². The van der Waals surface area contributed by atoms with E-state index in [4.69, 9.17) is 0 Å². The molecule has 0 aromatic rings. The summed E-state index contributed by atoms with van der Waals surface area (Å²) in [5, 5.41) is 0. The third kappa shape index (κ3) is 4.00. The molecular formula is C6H14. The van der Waals surface area contributed by atoms with Crippen LogP contribution in [0.4, 0.5) is 0 Å². The van der Waals surface area contributed by atoms with Crippen molar-refractivity contribution in [1.82, 2.24) is 0 Å². The molecule has 0 bridgehead atoms. The summed E-state index contributed by atoms with van der Waals surface area (Å²) in [5.41, 5.74) is 0. The smallest absolute Gasteiger partial charge is 0.0536 e. The molecule has 0 heterocycles. The zero-order valence-corrected chi connectivity index (χ0v) is 4.83. The van der Waals surface area contributed by atoms with E-state index >= 15 is 0 Å². The van der Waals surface area contributed by atoms with Crippen molar-refractivity contribution in [3.8, 4) is 0 Å². The summed E-state index contributed by atoms with van der Waals surface area (Å²) < 4.78 is 0. The SMILES string of the molecule is CCCCC[10CH3]. The van der Waals surface area contributed by atoms with Gasteiger partial charge in [-0.3, -0.25) is 0 Å². The molecule has 0 saturated heterocycles. The molecule has 0 spiro atoms. The van der Waals surface area contributed by atoms with Gasteiger partial charge in [-0.05, 0) is 0 Å². The van der Waals surface area contributed by atoms with Gasteiger partial charge in [-0.2, -0.15) is 0 Å². The minimum atomic E-state index is 1.36. The van der Waals surface area contributed by atoms with Crippen molar-refractivity contribution in [3.05, 3.63) is 0 Å². The molecule has 0 aromatic heterocycles.